The van der Waals surface area contributed by atoms with Crippen LogP contribution in [0.2, 0.25) is 0 Å². The standard InChI is InChI=1S/C19H26F2N4O/c20-14-11-16-18(17(21)12-14)26-23-19(16)25-9-7-24(8-10-25)6-5-13-1-3-15(22)4-2-13/h11-13,15H,1-10,22H2. The largest absolute Gasteiger partial charge is 0.351 e. The Morgan fingerprint density at radius 3 is 2.54 bits per heavy atom. The van der Waals surface area contributed by atoms with Crippen molar-refractivity contribution in [1.82, 2.24) is 10.1 Å². The van der Waals surface area contributed by atoms with Crippen LogP contribution in [0.25, 0.3) is 11.0 Å². The first-order valence-electron chi connectivity index (χ1n) is 9.57. The molecular weight excluding hydrogens is 338 g/mol. The van der Waals surface area contributed by atoms with E-state index in [9.17, 15) is 8.78 Å². The summed E-state index contributed by atoms with van der Waals surface area (Å²) in [6, 6.07) is 2.53. The van der Waals surface area contributed by atoms with Gasteiger partial charge in [-0.15, -0.1) is 0 Å². The second-order valence-corrected chi connectivity index (χ2v) is 7.67. The van der Waals surface area contributed by atoms with Gasteiger partial charge < -0.3 is 15.2 Å². The van der Waals surface area contributed by atoms with Gasteiger partial charge in [0.2, 0.25) is 5.58 Å². The van der Waals surface area contributed by atoms with Crippen LogP contribution in [0.1, 0.15) is 32.1 Å². The highest BCUT2D eigenvalue weighted by atomic mass is 19.1. The lowest BCUT2D eigenvalue weighted by Crippen LogP contribution is -2.47. The molecule has 1 aromatic heterocycles. The number of hydrogen-bond donors (Lipinski definition) is 1. The van der Waals surface area contributed by atoms with E-state index in [1.54, 1.807) is 0 Å². The molecule has 1 aliphatic carbocycles. The fourth-order valence-corrected chi connectivity index (χ4v) is 4.21. The predicted octanol–water partition coefficient (Wildman–Crippen LogP) is 3.14. The molecule has 0 atom stereocenters. The summed E-state index contributed by atoms with van der Waals surface area (Å²) in [5.74, 6) is 0.0347. The van der Waals surface area contributed by atoms with Crippen LogP contribution >= 0.6 is 0 Å². The Morgan fingerprint density at radius 1 is 1.08 bits per heavy atom. The predicted molar refractivity (Wildman–Crippen MR) is 97.1 cm³/mol. The van der Waals surface area contributed by atoms with Gasteiger partial charge in [0.15, 0.2) is 11.6 Å². The molecule has 1 aliphatic heterocycles. The topological polar surface area (TPSA) is 58.5 Å². The lowest BCUT2D eigenvalue weighted by molar-refractivity contribution is 0.216. The molecule has 5 nitrogen and oxygen atoms in total. The molecule has 1 aromatic carbocycles. The Balaban J connectivity index is 1.32. The molecule has 0 radical (unpaired) electrons. The van der Waals surface area contributed by atoms with Gasteiger partial charge in [-0.1, -0.05) is 5.16 Å². The lowest BCUT2D eigenvalue weighted by Gasteiger charge is -2.36. The van der Waals surface area contributed by atoms with Crippen LogP contribution in [0.5, 0.6) is 0 Å². The van der Waals surface area contributed by atoms with E-state index in [0.717, 1.165) is 57.5 Å². The van der Waals surface area contributed by atoms with Crippen molar-refractivity contribution in [1.29, 1.82) is 0 Å². The fourth-order valence-electron chi connectivity index (χ4n) is 4.21. The van der Waals surface area contributed by atoms with Crippen molar-refractivity contribution in [2.75, 3.05) is 37.6 Å². The van der Waals surface area contributed by atoms with E-state index in [4.69, 9.17) is 10.3 Å². The van der Waals surface area contributed by atoms with Gasteiger partial charge in [0.1, 0.15) is 5.82 Å². The zero-order chi connectivity index (χ0) is 18.1. The Bertz CT molecular complexity index is 749. The van der Waals surface area contributed by atoms with Crippen LogP contribution in [-0.4, -0.2) is 48.8 Å². The van der Waals surface area contributed by atoms with E-state index >= 15 is 0 Å². The summed E-state index contributed by atoms with van der Waals surface area (Å²) in [6.07, 6.45) is 6.05. The molecule has 1 saturated carbocycles. The molecule has 0 unspecified atom stereocenters. The van der Waals surface area contributed by atoms with Gasteiger partial charge in [-0.3, -0.25) is 4.90 Å². The monoisotopic (exact) mass is 364 g/mol. The van der Waals surface area contributed by atoms with E-state index in [2.05, 4.69) is 15.0 Å². The van der Waals surface area contributed by atoms with Gasteiger partial charge in [-0.25, -0.2) is 8.78 Å². The lowest BCUT2D eigenvalue weighted by atomic mass is 9.84. The van der Waals surface area contributed by atoms with Crippen molar-refractivity contribution in [2.24, 2.45) is 11.7 Å². The molecule has 4 rings (SSSR count). The SMILES string of the molecule is NC1CCC(CCN2CCN(c3noc4c(F)cc(F)cc34)CC2)CC1. The molecule has 7 heteroatoms. The summed E-state index contributed by atoms with van der Waals surface area (Å²) in [7, 11) is 0. The minimum atomic E-state index is -0.704. The summed E-state index contributed by atoms with van der Waals surface area (Å²) in [4.78, 5) is 4.52. The minimum Gasteiger partial charge on any atom is -0.351 e. The van der Waals surface area contributed by atoms with E-state index in [1.807, 2.05) is 0 Å². The third-order valence-electron chi connectivity index (χ3n) is 5.89. The van der Waals surface area contributed by atoms with Gasteiger partial charge in [-0.2, -0.15) is 0 Å². The maximum absolute atomic E-state index is 13.8. The summed E-state index contributed by atoms with van der Waals surface area (Å²) >= 11 is 0. The summed E-state index contributed by atoms with van der Waals surface area (Å²) in [5, 5.41) is 4.40. The van der Waals surface area contributed by atoms with Crippen molar-refractivity contribution < 1.29 is 13.3 Å². The molecular formula is C19H26F2N4O. The Hall–Kier alpha value is -1.73. The molecule has 0 bridgehead atoms. The van der Waals surface area contributed by atoms with Gasteiger partial charge in [0.25, 0.3) is 0 Å². The van der Waals surface area contributed by atoms with Crippen LogP contribution in [0.3, 0.4) is 0 Å². The van der Waals surface area contributed by atoms with E-state index in [0.29, 0.717) is 17.2 Å². The average molecular weight is 364 g/mol. The number of piperazine rings is 1. The van der Waals surface area contributed by atoms with Crippen LogP contribution in [0.15, 0.2) is 16.7 Å². The molecule has 0 amide bonds. The molecule has 142 valence electrons. The van der Waals surface area contributed by atoms with Crippen molar-refractivity contribution in [2.45, 2.75) is 38.1 Å². The molecule has 0 spiro atoms. The Kier molecular flexibility index (Phi) is 5.09. The molecule has 2 aromatic rings. The molecule has 26 heavy (non-hydrogen) atoms. The maximum atomic E-state index is 13.8. The Morgan fingerprint density at radius 2 is 1.81 bits per heavy atom. The third-order valence-corrected chi connectivity index (χ3v) is 5.89. The third kappa shape index (κ3) is 3.69. The number of rotatable bonds is 4. The number of nitrogens with two attached hydrogens (primary N) is 1. The van der Waals surface area contributed by atoms with E-state index in [1.165, 1.54) is 25.3 Å². The normalized spacial score (nSPS) is 25.1. The number of nitrogens with zero attached hydrogens (tertiary/aromatic N) is 3. The minimum absolute atomic E-state index is 0.0272. The second-order valence-electron chi connectivity index (χ2n) is 7.67. The van der Waals surface area contributed by atoms with Gasteiger partial charge in [0, 0.05) is 38.3 Å². The first kappa shape index (κ1) is 17.7. The molecule has 1 saturated heterocycles. The maximum Gasteiger partial charge on any atom is 0.204 e. The number of halogens is 2. The van der Waals surface area contributed by atoms with Gasteiger partial charge in [0.05, 0.1) is 5.39 Å². The van der Waals surface area contributed by atoms with Crippen molar-refractivity contribution in [3.05, 3.63) is 23.8 Å². The highest BCUT2D eigenvalue weighted by Crippen LogP contribution is 2.30. The molecule has 2 aliphatic rings. The smallest absolute Gasteiger partial charge is 0.204 e. The van der Waals surface area contributed by atoms with Crippen LogP contribution in [0, 0.1) is 17.6 Å². The Labute approximate surface area is 152 Å². The fraction of sp³-hybridized carbons (Fsp3) is 0.632. The second kappa shape index (κ2) is 7.48. The highest BCUT2D eigenvalue weighted by Gasteiger charge is 2.24. The first-order chi connectivity index (χ1) is 12.6. The van der Waals surface area contributed by atoms with E-state index < -0.39 is 11.6 Å². The first-order valence-corrected chi connectivity index (χ1v) is 9.57. The number of benzene rings is 1. The van der Waals surface area contributed by atoms with E-state index in [-0.39, 0.29) is 5.58 Å². The van der Waals surface area contributed by atoms with Crippen LogP contribution in [0.4, 0.5) is 14.6 Å². The number of aromatic nitrogens is 1. The summed E-state index contributed by atoms with van der Waals surface area (Å²) < 4.78 is 32.4. The quantitative estimate of drug-likeness (QED) is 0.903. The van der Waals surface area contributed by atoms with Gasteiger partial charge >= 0.3 is 0 Å². The molecule has 2 heterocycles. The number of anilines is 1. The summed E-state index contributed by atoms with van der Waals surface area (Å²) in [6.45, 7) is 4.54. The van der Waals surface area contributed by atoms with Gasteiger partial charge in [-0.05, 0) is 50.6 Å². The zero-order valence-corrected chi connectivity index (χ0v) is 15.0. The number of fused-ring (bicyclic) bond motifs is 1. The van der Waals surface area contributed by atoms with Crippen molar-refractivity contribution in [3.8, 4) is 0 Å². The summed E-state index contributed by atoms with van der Waals surface area (Å²) in [5.41, 5.74) is 6.01. The molecule has 2 fully saturated rings. The highest BCUT2D eigenvalue weighted by molar-refractivity contribution is 5.89. The van der Waals surface area contributed by atoms with Crippen LogP contribution in [-0.2, 0) is 0 Å². The zero-order valence-electron chi connectivity index (χ0n) is 15.0. The number of hydrogen-bond acceptors (Lipinski definition) is 5. The average Bonchev–Trinajstić information content (AvgIpc) is 3.06. The van der Waals surface area contributed by atoms with Crippen LogP contribution < -0.4 is 10.6 Å². The van der Waals surface area contributed by atoms with Crippen molar-refractivity contribution in [3.63, 3.8) is 0 Å². The van der Waals surface area contributed by atoms with Crippen molar-refractivity contribution >= 4 is 16.8 Å². The molecule has 2 N–H and O–H groups in total.